The Morgan fingerprint density at radius 3 is 3.08 bits per heavy atom. The smallest absolute Gasteiger partial charge is 0.0678 e. The van der Waals surface area contributed by atoms with Crippen LogP contribution in [0.5, 0.6) is 0 Å². The molecule has 3 nitrogen and oxygen atoms in total. The molecule has 0 spiro atoms. The van der Waals surface area contributed by atoms with E-state index in [2.05, 4.69) is 15.9 Å². The summed E-state index contributed by atoms with van der Waals surface area (Å²) in [7, 11) is 0. The third kappa shape index (κ3) is 1.70. The Bertz CT molecular complexity index is 329. The van der Waals surface area contributed by atoms with Crippen LogP contribution < -0.4 is 10.8 Å². The summed E-state index contributed by atoms with van der Waals surface area (Å²) >= 11 is 3.36. The standard InChI is InChI=1S/C9H11BrN2O/c10-7-2-1-6-3-8(11)5-12(13)9(6)4-7/h1-2,4,8,13H,3,5,11H2/t8-/m1/s1. The first-order valence-corrected chi connectivity index (χ1v) is 4.96. The van der Waals surface area contributed by atoms with E-state index >= 15 is 0 Å². The number of hydroxylamine groups is 1. The monoisotopic (exact) mass is 242 g/mol. The highest BCUT2D eigenvalue weighted by atomic mass is 79.9. The van der Waals surface area contributed by atoms with Crippen molar-refractivity contribution in [2.24, 2.45) is 5.73 Å². The molecule has 1 aromatic rings. The first-order chi connectivity index (χ1) is 6.16. The summed E-state index contributed by atoms with van der Waals surface area (Å²) in [4.78, 5) is 0. The first-order valence-electron chi connectivity index (χ1n) is 4.17. The highest BCUT2D eigenvalue weighted by Gasteiger charge is 2.20. The Morgan fingerprint density at radius 1 is 1.54 bits per heavy atom. The lowest BCUT2D eigenvalue weighted by molar-refractivity contribution is 0.238. The van der Waals surface area contributed by atoms with Gasteiger partial charge in [0.2, 0.25) is 0 Å². The molecule has 0 unspecified atom stereocenters. The summed E-state index contributed by atoms with van der Waals surface area (Å²) in [6.07, 6.45) is 0.833. The molecule has 2 rings (SSSR count). The van der Waals surface area contributed by atoms with Crippen LogP contribution in [0.2, 0.25) is 0 Å². The summed E-state index contributed by atoms with van der Waals surface area (Å²) in [5.41, 5.74) is 7.72. The van der Waals surface area contributed by atoms with E-state index in [1.54, 1.807) is 0 Å². The van der Waals surface area contributed by atoms with Crippen LogP contribution in [0.4, 0.5) is 5.69 Å². The quantitative estimate of drug-likeness (QED) is 0.726. The van der Waals surface area contributed by atoms with Gasteiger partial charge in [-0.3, -0.25) is 10.3 Å². The van der Waals surface area contributed by atoms with E-state index in [1.165, 1.54) is 5.06 Å². The van der Waals surface area contributed by atoms with E-state index < -0.39 is 0 Å². The van der Waals surface area contributed by atoms with Gasteiger partial charge in [0, 0.05) is 10.5 Å². The average Bonchev–Trinajstić information content (AvgIpc) is 2.06. The fraction of sp³-hybridized carbons (Fsp3) is 0.333. The molecule has 0 radical (unpaired) electrons. The third-order valence-corrected chi connectivity index (χ3v) is 2.71. The molecule has 0 bridgehead atoms. The van der Waals surface area contributed by atoms with E-state index in [1.807, 2.05) is 18.2 Å². The van der Waals surface area contributed by atoms with E-state index in [9.17, 15) is 5.21 Å². The van der Waals surface area contributed by atoms with E-state index in [0.29, 0.717) is 6.54 Å². The molecule has 3 N–H and O–H groups in total. The number of nitrogens with zero attached hydrogens (tertiary/aromatic N) is 1. The summed E-state index contributed by atoms with van der Waals surface area (Å²) in [5, 5.41) is 10.8. The Hall–Kier alpha value is -0.580. The van der Waals surface area contributed by atoms with E-state index in [4.69, 9.17) is 5.73 Å². The second kappa shape index (κ2) is 3.29. The molecule has 0 saturated carbocycles. The van der Waals surface area contributed by atoms with Crippen LogP contribution in [-0.2, 0) is 6.42 Å². The van der Waals surface area contributed by atoms with Crippen molar-refractivity contribution < 1.29 is 5.21 Å². The molecule has 1 aliphatic heterocycles. The third-order valence-electron chi connectivity index (χ3n) is 2.21. The molecule has 1 atom stereocenters. The number of hydrogen-bond acceptors (Lipinski definition) is 3. The molecule has 0 fully saturated rings. The van der Waals surface area contributed by atoms with Gasteiger partial charge in [-0.2, -0.15) is 0 Å². The zero-order chi connectivity index (χ0) is 9.42. The number of halogens is 1. The lowest BCUT2D eigenvalue weighted by atomic mass is 10.0. The minimum Gasteiger partial charge on any atom is -0.326 e. The molecular formula is C9H11BrN2O. The van der Waals surface area contributed by atoms with Crippen LogP contribution in [0.25, 0.3) is 0 Å². The van der Waals surface area contributed by atoms with Gasteiger partial charge in [-0.05, 0) is 24.1 Å². The van der Waals surface area contributed by atoms with Crippen LogP contribution in [0.15, 0.2) is 22.7 Å². The number of benzene rings is 1. The zero-order valence-corrected chi connectivity index (χ0v) is 8.66. The van der Waals surface area contributed by atoms with Crippen molar-refractivity contribution >= 4 is 21.6 Å². The van der Waals surface area contributed by atoms with E-state index in [0.717, 1.165) is 22.1 Å². The first kappa shape index (κ1) is 8.99. The van der Waals surface area contributed by atoms with Gasteiger partial charge in [0.15, 0.2) is 0 Å². The van der Waals surface area contributed by atoms with Gasteiger partial charge in [-0.25, -0.2) is 0 Å². The van der Waals surface area contributed by atoms with Gasteiger partial charge in [-0.1, -0.05) is 22.0 Å². The SMILES string of the molecule is N[C@@H]1Cc2ccc(Br)cc2N(O)C1. The maximum absolute atomic E-state index is 9.59. The zero-order valence-electron chi connectivity index (χ0n) is 7.07. The summed E-state index contributed by atoms with van der Waals surface area (Å²) in [5.74, 6) is 0. The van der Waals surface area contributed by atoms with Crippen molar-refractivity contribution in [2.75, 3.05) is 11.6 Å². The van der Waals surface area contributed by atoms with Crippen molar-refractivity contribution in [3.63, 3.8) is 0 Å². The second-order valence-corrected chi connectivity index (χ2v) is 4.24. The Balaban J connectivity index is 2.43. The average molecular weight is 243 g/mol. The van der Waals surface area contributed by atoms with Crippen LogP contribution in [0.1, 0.15) is 5.56 Å². The lowest BCUT2D eigenvalue weighted by Crippen LogP contribution is -2.41. The summed E-state index contributed by atoms with van der Waals surface area (Å²) < 4.78 is 0.973. The van der Waals surface area contributed by atoms with Crippen LogP contribution >= 0.6 is 15.9 Å². The Kier molecular flexibility index (Phi) is 2.27. The van der Waals surface area contributed by atoms with Crippen LogP contribution in [0, 0.1) is 0 Å². The molecule has 13 heavy (non-hydrogen) atoms. The van der Waals surface area contributed by atoms with Gasteiger partial charge < -0.3 is 5.73 Å². The van der Waals surface area contributed by atoms with Gasteiger partial charge in [0.25, 0.3) is 0 Å². The maximum Gasteiger partial charge on any atom is 0.0678 e. The molecule has 0 amide bonds. The maximum atomic E-state index is 9.59. The molecule has 4 heteroatoms. The molecule has 1 aliphatic rings. The molecule has 0 saturated heterocycles. The molecular weight excluding hydrogens is 232 g/mol. The summed E-state index contributed by atoms with van der Waals surface area (Å²) in [6, 6.07) is 5.88. The van der Waals surface area contributed by atoms with Crippen molar-refractivity contribution in [1.82, 2.24) is 0 Å². The molecule has 1 heterocycles. The van der Waals surface area contributed by atoms with Crippen LogP contribution in [-0.4, -0.2) is 17.8 Å². The number of anilines is 1. The molecule has 70 valence electrons. The predicted molar refractivity (Wildman–Crippen MR) is 55.0 cm³/mol. The second-order valence-electron chi connectivity index (χ2n) is 3.32. The summed E-state index contributed by atoms with van der Waals surface area (Å²) in [6.45, 7) is 0.503. The number of nitrogens with two attached hydrogens (primary N) is 1. The molecule has 0 aromatic heterocycles. The van der Waals surface area contributed by atoms with E-state index in [-0.39, 0.29) is 6.04 Å². The normalized spacial score (nSPS) is 21.5. The van der Waals surface area contributed by atoms with Gasteiger partial charge in [0.1, 0.15) is 0 Å². The molecule has 0 aliphatic carbocycles. The number of rotatable bonds is 0. The fourth-order valence-electron chi connectivity index (χ4n) is 1.62. The largest absolute Gasteiger partial charge is 0.326 e. The highest BCUT2D eigenvalue weighted by molar-refractivity contribution is 9.10. The van der Waals surface area contributed by atoms with Crippen molar-refractivity contribution in [3.8, 4) is 0 Å². The van der Waals surface area contributed by atoms with Gasteiger partial charge >= 0.3 is 0 Å². The number of hydrogen-bond donors (Lipinski definition) is 2. The minimum absolute atomic E-state index is 0.0266. The minimum atomic E-state index is 0.0266. The number of fused-ring (bicyclic) bond motifs is 1. The Morgan fingerprint density at radius 2 is 2.31 bits per heavy atom. The van der Waals surface area contributed by atoms with Crippen molar-refractivity contribution in [1.29, 1.82) is 0 Å². The topological polar surface area (TPSA) is 49.5 Å². The predicted octanol–water partition coefficient (Wildman–Crippen LogP) is 1.53. The van der Waals surface area contributed by atoms with Gasteiger partial charge in [0.05, 0.1) is 12.2 Å². The van der Waals surface area contributed by atoms with Crippen LogP contribution in [0.3, 0.4) is 0 Å². The Labute approximate surface area is 85.2 Å². The van der Waals surface area contributed by atoms with Crippen molar-refractivity contribution in [3.05, 3.63) is 28.2 Å². The highest BCUT2D eigenvalue weighted by Crippen LogP contribution is 2.28. The fourth-order valence-corrected chi connectivity index (χ4v) is 1.97. The molecule has 1 aromatic carbocycles. The lowest BCUT2D eigenvalue weighted by Gasteiger charge is -2.29. The van der Waals surface area contributed by atoms with Crippen molar-refractivity contribution in [2.45, 2.75) is 12.5 Å². The van der Waals surface area contributed by atoms with Gasteiger partial charge in [-0.15, -0.1) is 0 Å².